The molecule has 3 aromatic carbocycles. The third-order valence-corrected chi connectivity index (χ3v) is 4.24. The normalized spacial score (nSPS) is 10.6. The molecule has 0 aromatic heterocycles. The lowest BCUT2D eigenvalue weighted by Gasteiger charge is -2.04. The molecule has 0 aliphatic carbocycles. The van der Waals surface area contributed by atoms with Crippen LogP contribution in [0.15, 0.2) is 84.0 Å². The maximum absolute atomic E-state index is 12.0. The van der Waals surface area contributed by atoms with Crippen LogP contribution in [0.2, 0.25) is 0 Å². The first-order chi connectivity index (χ1) is 13.1. The Morgan fingerprint density at radius 2 is 1.59 bits per heavy atom. The van der Waals surface area contributed by atoms with E-state index in [1.807, 2.05) is 18.2 Å². The van der Waals surface area contributed by atoms with Gasteiger partial charge in [0, 0.05) is 9.13 Å². The SMILES string of the molecule is O=C(N/N=C\c1ccc(OC(=O)c2ccccc2)cc1)c1cccc(I)c1. The van der Waals surface area contributed by atoms with Crippen LogP contribution in [0.1, 0.15) is 26.3 Å². The summed E-state index contributed by atoms with van der Waals surface area (Å²) in [6, 6.07) is 22.8. The minimum atomic E-state index is -0.415. The molecule has 3 rings (SSSR count). The zero-order valence-electron chi connectivity index (χ0n) is 14.1. The molecule has 0 unspecified atom stereocenters. The highest BCUT2D eigenvalue weighted by atomic mass is 127. The molecule has 0 atom stereocenters. The minimum Gasteiger partial charge on any atom is -0.423 e. The van der Waals surface area contributed by atoms with Crippen molar-refractivity contribution in [1.29, 1.82) is 0 Å². The first-order valence-corrected chi connectivity index (χ1v) is 9.16. The molecule has 0 aliphatic rings. The van der Waals surface area contributed by atoms with Crippen molar-refractivity contribution in [1.82, 2.24) is 5.43 Å². The number of esters is 1. The number of hydrogen-bond donors (Lipinski definition) is 1. The van der Waals surface area contributed by atoms with E-state index in [4.69, 9.17) is 4.74 Å². The quantitative estimate of drug-likeness (QED) is 0.199. The van der Waals surface area contributed by atoms with Crippen molar-refractivity contribution >= 4 is 40.7 Å². The van der Waals surface area contributed by atoms with Crippen molar-refractivity contribution in [3.63, 3.8) is 0 Å². The summed E-state index contributed by atoms with van der Waals surface area (Å²) >= 11 is 2.15. The van der Waals surface area contributed by atoms with Gasteiger partial charge in [-0.25, -0.2) is 10.2 Å². The Morgan fingerprint density at radius 1 is 0.889 bits per heavy atom. The van der Waals surface area contributed by atoms with Gasteiger partial charge in [0.05, 0.1) is 11.8 Å². The van der Waals surface area contributed by atoms with Gasteiger partial charge in [-0.1, -0.05) is 24.3 Å². The van der Waals surface area contributed by atoms with Gasteiger partial charge in [-0.05, 0) is 82.8 Å². The molecule has 3 aromatic rings. The van der Waals surface area contributed by atoms with E-state index in [2.05, 4.69) is 33.1 Å². The fraction of sp³-hybridized carbons (Fsp3) is 0. The Balaban J connectivity index is 1.56. The lowest BCUT2D eigenvalue weighted by Crippen LogP contribution is -2.17. The van der Waals surface area contributed by atoms with Crippen LogP contribution in [0.5, 0.6) is 5.75 Å². The second-order valence-electron chi connectivity index (χ2n) is 5.53. The number of benzene rings is 3. The summed E-state index contributed by atoms with van der Waals surface area (Å²) in [6.07, 6.45) is 1.52. The topological polar surface area (TPSA) is 67.8 Å². The number of ether oxygens (including phenoxy) is 1. The Bertz CT molecular complexity index is 970. The molecule has 0 spiro atoms. The predicted octanol–water partition coefficient (Wildman–Crippen LogP) is 4.27. The Kier molecular flexibility index (Phi) is 6.32. The van der Waals surface area contributed by atoms with Crippen LogP contribution in [-0.2, 0) is 0 Å². The van der Waals surface area contributed by atoms with Crippen LogP contribution in [-0.4, -0.2) is 18.1 Å². The smallest absolute Gasteiger partial charge is 0.343 e. The van der Waals surface area contributed by atoms with E-state index in [1.165, 1.54) is 6.21 Å². The molecule has 0 bridgehead atoms. The summed E-state index contributed by atoms with van der Waals surface area (Å²) in [6.45, 7) is 0. The molecular formula is C21H15IN2O3. The molecule has 0 radical (unpaired) electrons. The van der Waals surface area contributed by atoms with E-state index in [-0.39, 0.29) is 5.91 Å². The number of halogens is 1. The van der Waals surface area contributed by atoms with E-state index in [1.54, 1.807) is 60.7 Å². The van der Waals surface area contributed by atoms with Gasteiger partial charge in [-0.15, -0.1) is 0 Å². The molecule has 27 heavy (non-hydrogen) atoms. The van der Waals surface area contributed by atoms with Crippen LogP contribution in [0.4, 0.5) is 0 Å². The Labute approximate surface area is 170 Å². The van der Waals surface area contributed by atoms with Crippen LogP contribution < -0.4 is 10.2 Å². The van der Waals surface area contributed by atoms with Crippen molar-refractivity contribution in [2.45, 2.75) is 0 Å². The van der Waals surface area contributed by atoms with Gasteiger partial charge < -0.3 is 4.74 Å². The van der Waals surface area contributed by atoms with E-state index < -0.39 is 5.97 Å². The Morgan fingerprint density at radius 3 is 2.30 bits per heavy atom. The van der Waals surface area contributed by atoms with Gasteiger partial charge >= 0.3 is 5.97 Å². The van der Waals surface area contributed by atoms with Crippen molar-refractivity contribution in [3.05, 3.63) is 99.1 Å². The standard InChI is InChI=1S/C21H15IN2O3/c22-18-8-4-7-17(13-18)20(25)24-23-14-15-9-11-19(12-10-15)27-21(26)16-5-2-1-3-6-16/h1-14H,(H,24,25)/b23-14-. The van der Waals surface area contributed by atoms with Gasteiger partial charge in [0.2, 0.25) is 0 Å². The molecule has 0 fully saturated rings. The van der Waals surface area contributed by atoms with Crippen LogP contribution in [0.25, 0.3) is 0 Å². The summed E-state index contributed by atoms with van der Waals surface area (Å²) in [7, 11) is 0. The van der Waals surface area contributed by atoms with Gasteiger partial charge in [0.25, 0.3) is 5.91 Å². The number of nitrogens with zero attached hydrogens (tertiary/aromatic N) is 1. The number of carbonyl (C=O) groups excluding carboxylic acids is 2. The molecule has 0 saturated carbocycles. The number of hydrogen-bond acceptors (Lipinski definition) is 4. The van der Waals surface area contributed by atoms with Gasteiger partial charge in [-0.3, -0.25) is 4.79 Å². The molecule has 6 heteroatoms. The predicted molar refractivity (Wildman–Crippen MR) is 112 cm³/mol. The molecule has 0 saturated heterocycles. The summed E-state index contributed by atoms with van der Waals surface area (Å²) in [5.41, 5.74) is 4.28. The fourth-order valence-electron chi connectivity index (χ4n) is 2.22. The highest BCUT2D eigenvalue weighted by molar-refractivity contribution is 14.1. The van der Waals surface area contributed by atoms with Crippen LogP contribution in [0.3, 0.4) is 0 Å². The number of amides is 1. The van der Waals surface area contributed by atoms with Crippen LogP contribution in [0, 0.1) is 3.57 Å². The monoisotopic (exact) mass is 470 g/mol. The maximum atomic E-state index is 12.0. The van der Waals surface area contributed by atoms with E-state index >= 15 is 0 Å². The number of carbonyl (C=O) groups is 2. The minimum absolute atomic E-state index is 0.279. The molecule has 1 amide bonds. The van der Waals surface area contributed by atoms with Crippen molar-refractivity contribution in [2.75, 3.05) is 0 Å². The van der Waals surface area contributed by atoms with E-state index in [0.717, 1.165) is 9.13 Å². The van der Waals surface area contributed by atoms with Crippen molar-refractivity contribution in [2.24, 2.45) is 5.10 Å². The number of hydrazone groups is 1. The van der Waals surface area contributed by atoms with Gasteiger partial charge in [0.15, 0.2) is 0 Å². The fourth-order valence-corrected chi connectivity index (χ4v) is 2.76. The third kappa shape index (κ3) is 5.49. The second kappa shape index (κ2) is 9.09. The Hall–Kier alpha value is -3.00. The summed E-state index contributed by atoms with van der Waals surface area (Å²) in [5, 5.41) is 3.95. The summed E-state index contributed by atoms with van der Waals surface area (Å²) in [5.74, 6) is -0.260. The number of rotatable bonds is 5. The summed E-state index contributed by atoms with van der Waals surface area (Å²) < 4.78 is 6.29. The van der Waals surface area contributed by atoms with Crippen LogP contribution >= 0.6 is 22.6 Å². The average Bonchev–Trinajstić information content (AvgIpc) is 2.70. The first-order valence-electron chi connectivity index (χ1n) is 8.08. The van der Waals surface area contributed by atoms with Crippen molar-refractivity contribution < 1.29 is 14.3 Å². The first kappa shape index (κ1) is 18.8. The second-order valence-corrected chi connectivity index (χ2v) is 6.78. The molecular weight excluding hydrogens is 455 g/mol. The van der Waals surface area contributed by atoms with Crippen molar-refractivity contribution in [3.8, 4) is 5.75 Å². The highest BCUT2D eigenvalue weighted by Gasteiger charge is 2.07. The molecule has 1 N–H and O–H groups in total. The molecule has 5 nitrogen and oxygen atoms in total. The highest BCUT2D eigenvalue weighted by Crippen LogP contribution is 2.13. The average molecular weight is 470 g/mol. The number of nitrogens with one attached hydrogen (secondary N) is 1. The van der Waals surface area contributed by atoms with Gasteiger partial charge in [-0.2, -0.15) is 5.10 Å². The largest absolute Gasteiger partial charge is 0.423 e. The molecule has 134 valence electrons. The van der Waals surface area contributed by atoms with Gasteiger partial charge in [0.1, 0.15) is 5.75 Å². The molecule has 0 heterocycles. The third-order valence-electron chi connectivity index (χ3n) is 3.57. The summed E-state index contributed by atoms with van der Waals surface area (Å²) in [4.78, 5) is 24.0. The van der Waals surface area contributed by atoms with E-state index in [9.17, 15) is 9.59 Å². The maximum Gasteiger partial charge on any atom is 0.343 e. The zero-order chi connectivity index (χ0) is 19.1. The lowest BCUT2D eigenvalue weighted by atomic mass is 10.2. The van der Waals surface area contributed by atoms with E-state index in [0.29, 0.717) is 16.9 Å². The zero-order valence-corrected chi connectivity index (χ0v) is 16.3. The molecule has 0 aliphatic heterocycles. The lowest BCUT2D eigenvalue weighted by molar-refractivity contribution is 0.0734.